The standard InChI is InChI=1S/C27H22N4O4S/c1-16-23(26-29-25(30-35-26)18-8-13-21-22(14-18)34-15-33-21)24(17-6-4-3-5-7-17)28-27(32)31(16)19-9-11-20(36-2)12-10-19/h3-14,24H,15H2,1-2H3,(H,28,32). The molecule has 8 nitrogen and oxygen atoms in total. The molecule has 2 aliphatic heterocycles. The van der Waals surface area contributed by atoms with E-state index in [1.165, 1.54) is 0 Å². The van der Waals surface area contributed by atoms with Crippen molar-refractivity contribution in [2.24, 2.45) is 0 Å². The molecule has 1 aromatic heterocycles. The minimum Gasteiger partial charge on any atom is -0.454 e. The van der Waals surface area contributed by atoms with E-state index in [9.17, 15) is 4.79 Å². The van der Waals surface area contributed by atoms with Crippen LogP contribution < -0.4 is 19.7 Å². The molecule has 36 heavy (non-hydrogen) atoms. The highest BCUT2D eigenvalue weighted by molar-refractivity contribution is 7.98. The van der Waals surface area contributed by atoms with Gasteiger partial charge >= 0.3 is 6.03 Å². The third-order valence-electron chi connectivity index (χ3n) is 6.24. The summed E-state index contributed by atoms with van der Waals surface area (Å²) in [6.07, 6.45) is 2.02. The minimum absolute atomic E-state index is 0.189. The number of nitrogens with one attached hydrogen (secondary N) is 1. The maximum Gasteiger partial charge on any atom is 0.326 e. The molecule has 2 amide bonds. The lowest BCUT2D eigenvalue weighted by molar-refractivity contribution is 0.174. The van der Waals surface area contributed by atoms with Gasteiger partial charge in [0.05, 0.1) is 17.3 Å². The Hall–Kier alpha value is -4.24. The summed E-state index contributed by atoms with van der Waals surface area (Å²) in [4.78, 5) is 20.8. The van der Waals surface area contributed by atoms with Gasteiger partial charge < -0.3 is 19.3 Å². The van der Waals surface area contributed by atoms with E-state index < -0.39 is 6.04 Å². The summed E-state index contributed by atoms with van der Waals surface area (Å²) < 4.78 is 16.7. The number of aromatic nitrogens is 2. The number of anilines is 1. The van der Waals surface area contributed by atoms with Crippen molar-refractivity contribution >= 4 is 29.1 Å². The van der Waals surface area contributed by atoms with Gasteiger partial charge in [0.2, 0.25) is 12.6 Å². The van der Waals surface area contributed by atoms with Crippen LogP contribution in [0.4, 0.5) is 10.5 Å². The van der Waals surface area contributed by atoms with Crippen LogP contribution in [0.1, 0.15) is 24.4 Å². The molecule has 2 aliphatic rings. The second kappa shape index (κ2) is 9.09. The van der Waals surface area contributed by atoms with E-state index in [-0.39, 0.29) is 12.8 Å². The zero-order chi connectivity index (χ0) is 24.6. The number of hydrogen-bond donors (Lipinski definition) is 1. The molecule has 0 aliphatic carbocycles. The first-order valence-electron chi connectivity index (χ1n) is 11.4. The fourth-order valence-corrected chi connectivity index (χ4v) is 4.85. The molecule has 0 saturated carbocycles. The van der Waals surface area contributed by atoms with Gasteiger partial charge in [-0.05, 0) is 61.2 Å². The topological polar surface area (TPSA) is 89.7 Å². The Morgan fingerprint density at radius 3 is 2.56 bits per heavy atom. The van der Waals surface area contributed by atoms with Crippen LogP contribution in [0.15, 0.2) is 87.9 Å². The molecule has 4 aromatic rings. The number of rotatable bonds is 5. The fraction of sp³-hybridized carbons (Fsp3) is 0.148. The van der Waals surface area contributed by atoms with Crippen LogP contribution >= 0.6 is 11.8 Å². The molecule has 1 N–H and O–H groups in total. The molecular formula is C27H22N4O4S. The number of urea groups is 1. The van der Waals surface area contributed by atoms with E-state index in [0.29, 0.717) is 28.9 Å². The molecule has 0 saturated heterocycles. The predicted octanol–water partition coefficient (Wildman–Crippen LogP) is 5.89. The zero-order valence-electron chi connectivity index (χ0n) is 19.6. The number of carbonyl (C=O) groups is 1. The second-order valence-electron chi connectivity index (χ2n) is 8.32. The summed E-state index contributed by atoms with van der Waals surface area (Å²) in [5, 5.41) is 7.37. The third kappa shape index (κ3) is 3.87. The van der Waals surface area contributed by atoms with Gasteiger partial charge in [-0.1, -0.05) is 35.5 Å². The molecule has 9 heteroatoms. The number of thioether (sulfide) groups is 1. The minimum atomic E-state index is -0.453. The van der Waals surface area contributed by atoms with Crippen LogP contribution in [0.5, 0.6) is 11.5 Å². The maximum absolute atomic E-state index is 13.3. The van der Waals surface area contributed by atoms with E-state index in [1.807, 2.05) is 86.0 Å². The molecule has 0 bridgehead atoms. The van der Waals surface area contributed by atoms with Gasteiger partial charge in [-0.3, -0.25) is 4.90 Å². The van der Waals surface area contributed by atoms with Crippen molar-refractivity contribution in [1.82, 2.24) is 15.5 Å². The number of benzene rings is 3. The molecule has 3 aromatic carbocycles. The van der Waals surface area contributed by atoms with Crippen molar-refractivity contribution < 1.29 is 18.8 Å². The lowest BCUT2D eigenvalue weighted by Gasteiger charge is -2.35. The maximum atomic E-state index is 13.3. The van der Waals surface area contributed by atoms with Crippen molar-refractivity contribution in [1.29, 1.82) is 0 Å². The number of carbonyl (C=O) groups excluding carboxylic acids is 1. The van der Waals surface area contributed by atoms with Gasteiger partial charge in [-0.25, -0.2) is 4.79 Å². The molecule has 1 unspecified atom stereocenters. The third-order valence-corrected chi connectivity index (χ3v) is 6.98. The van der Waals surface area contributed by atoms with Crippen LogP contribution in [-0.4, -0.2) is 29.2 Å². The van der Waals surface area contributed by atoms with Crippen molar-refractivity contribution in [2.45, 2.75) is 17.9 Å². The lowest BCUT2D eigenvalue weighted by Crippen LogP contribution is -2.46. The summed E-state index contributed by atoms with van der Waals surface area (Å²) >= 11 is 1.65. The van der Waals surface area contributed by atoms with E-state index >= 15 is 0 Å². The highest BCUT2D eigenvalue weighted by Crippen LogP contribution is 2.40. The molecule has 0 fully saturated rings. The lowest BCUT2D eigenvalue weighted by atomic mass is 9.94. The zero-order valence-corrected chi connectivity index (χ0v) is 20.4. The number of nitrogens with zero attached hydrogens (tertiary/aromatic N) is 3. The summed E-state index contributed by atoms with van der Waals surface area (Å²) in [5.41, 5.74) is 3.86. The fourth-order valence-electron chi connectivity index (χ4n) is 4.44. The number of ether oxygens (including phenoxy) is 2. The highest BCUT2D eigenvalue weighted by Gasteiger charge is 2.36. The number of hydrogen-bond acceptors (Lipinski definition) is 7. The van der Waals surface area contributed by atoms with Crippen molar-refractivity contribution in [3.05, 3.63) is 89.9 Å². The Kier molecular flexibility index (Phi) is 5.61. The molecular weight excluding hydrogens is 476 g/mol. The SMILES string of the molecule is CSc1ccc(N2C(=O)NC(c3ccccc3)C(c3nc(-c4ccc5c(c4)OCO5)no3)=C2C)cc1. The molecule has 1 atom stereocenters. The monoisotopic (exact) mass is 498 g/mol. The Balaban J connectivity index is 1.45. The van der Waals surface area contributed by atoms with Crippen LogP contribution in [0.25, 0.3) is 17.0 Å². The van der Waals surface area contributed by atoms with Crippen LogP contribution in [0, 0.1) is 0 Å². The first-order chi connectivity index (χ1) is 17.6. The van der Waals surface area contributed by atoms with Crippen LogP contribution in [0.2, 0.25) is 0 Å². The Morgan fingerprint density at radius 2 is 1.78 bits per heavy atom. The molecule has 0 spiro atoms. The van der Waals surface area contributed by atoms with Gasteiger partial charge in [0.15, 0.2) is 11.5 Å². The van der Waals surface area contributed by atoms with Crippen molar-refractivity contribution in [2.75, 3.05) is 17.9 Å². The quantitative estimate of drug-likeness (QED) is 0.343. The summed E-state index contributed by atoms with van der Waals surface area (Å²) in [7, 11) is 0. The van der Waals surface area contributed by atoms with Gasteiger partial charge in [-0.2, -0.15) is 4.98 Å². The van der Waals surface area contributed by atoms with Gasteiger partial charge in [0.25, 0.3) is 5.89 Å². The number of allylic oxidation sites excluding steroid dienone is 1. The highest BCUT2D eigenvalue weighted by atomic mass is 32.2. The average Bonchev–Trinajstić information content (AvgIpc) is 3.59. The second-order valence-corrected chi connectivity index (χ2v) is 9.20. The van der Waals surface area contributed by atoms with Crippen LogP contribution in [-0.2, 0) is 0 Å². The number of fused-ring (bicyclic) bond motifs is 1. The van der Waals surface area contributed by atoms with Crippen molar-refractivity contribution in [3.63, 3.8) is 0 Å². The smallest absolute Gasteiger partial charge is 0.326 e. The Labute approximate surface area is 211 Å². The Bertz CT molecular complexity index is 1470. The molecule has 180 valence electrons. The summed E-state index contributed by atoms with van der Waals surface area (Å²) in [5.74, 6) is 2.08. The van der Waals surface area contributed by atoms with E-state index in [4.69, 9.17) is 19.0 Å². The van der Waals surface area contributed by atoms with E-state index in [0.717, 1.165) is 27.3 Å². The molecule has 0 radical (unpaired) electrons. The van der Waals surface area contributed by atoms with Crippen molar-refractivity contribution in [3.8, 4) is 22.9 Å². The summed E-state index contributed by atoms with van der Waals surface area (Å²) in [6, 6.07) is 22.4. The first-order valence-corrected chi connectivity index (χ1v) is 12.6. The largest absolute Gasteiger partial charge is 0.454 e. The number of amides is 2. The van der Waals surface area contributed by atoms with E-state index in [2.05, 4.69) is 10.5 Å². The molecule has 3 heterocycles. The van der Waals surface area contributed by atoms with Gasteiger partial charge in [0, 0.05) is 16.2 Å². The molecule has 6 rings (SSSR count). The average molecular weight is 499 g/mol. The van der Waals surface area contributed by atoms with Gasteiger partial charge in [-0.15, -0.1) is 11.8 Å². The summed E-state index contributed by atoms with van der Waals surface area (Å²) in [6.45, 7) is 2.09. The normalized spacial score (nSPS) is 16.9. The van der Waals surface area contributed by atoms with E-state index in [1.54, 1.807) is 16.7 Å². The Morgan fingerprint density at radius 1 is 1.00 bits per heavy atom. The first kappa shape index (κ1) is 22.2. The van der Waals surface area contributed by atoms with Crippen LogP contribution in [0.3, 0.4) is 0 Å². The predicted molar refractivity (Wildman–Crippen MR) is 137 cm³/mol. The van der Waals surface area contributed by atoms with Gasteiger partial charge in [0.1, 0.15) is 0 Å².